The van der Waals surface area contributed by atoms with Gasteiger partial charge in [0, 0.05) is 28.1 Å². The highest BCUT2D eigenvalue weighted by molar-refractivity contribution is 6.03. The van der Waals surface area contributed by atoms with Gasteiger partial charge in [-0.1, -0.05) is 27.7 Å². The topological polar surface area (TPSA) is 43.4 Å². The van der Waals surface area contributed by atoms with Crippen LogP contribution in [0.4, 0.5) is 0 Å². The highest BCUT2D eigenvalue weighted by Gasteiger charge is 3.13. The van der Waals surface area contributed by atoms with Gasteiger partial charge in [-0.15, -0.1) is 0 Å². The van der Waals surface area contributed by atoms with Crippen LogP contribution < -0.4 is 0 Å². The zero-order valence-corrected chi connectivity index (χ0v) is 13.3. The van der Waals surface area contributed by atoms with Gasteiger partial charge in [-0.2, -0.15) is 0 Å². The van der Waals surface area contributed by atoms with Crippen molar-refractivity contribution < 1.29 is 14.3 Å². The summed E-state index contributed by atoms with van der Waals surface area (Å²) < 4.78 is 5.57. The number of carbonyl (C=O) groups is 2. The van der Waals surface area contributed by atoms with Gasteiger partial charge in [0.2, 0.25) is 0 Å². The molecule has 5 fully saturated rings. The molecule has 0 aromatic rings. The summed E-state index contributed by atoms with van der Waals surface area (Å²) in [6.07, 6.45) is 2.95. The van der Waals surface area contributed by atoms with Gasteiger partial charge in [-0.3, -0.25) is 9.59 Å². The summed E-state index contributed by atoms with van der Waals surface area (Å²) in [6.45, 7) is 8.74. The van der Waals surface area contributed by atoms with Gasteiger partial charge in [0.15, 0.2) is 0 Å². The number of esters is 1. The number of ketones is 1. The molecule has 8 unspecified atom stereocenters. The smallest absolute Gasteiger partial charge is 0.309 e. The molecule has 5 rings (SSSR count). The molecular formula is C18H24O3. The molecule has 5 aliphatic rings. The van der Waals surface area contributed by atoms with E-state index in [0.29, 0.717) is 29.5 Å². The third-order valence-corrected chi connectivity index (χ3v) is 7.96. The molecule has 3 heteroatoms. The number of Topliss-reactive ketones (excluding diaryl/α,β-unsaturated/α-hetero) is 1. The Labute approximate surface area is 125 Å². The van der Waals surface area contributed by atoms with Crippen LogP contribution in [0.5, 0.6) is 0 Å². The highest BCUT2D eigenvalue weighted by atomic mass is 16.6. The Morgan fingerprint density at radius 3 is 2.81 bits per heavy atom. The summed E-state index contributed by atoms with van der Waals surface area (Å²) in [7, 11) is 0. The molecule has 21 heavy (non-hydrogen) atoms. The van der Waals surface area contributed by atoms with E-state index < -0.39 is 0 Å². The maximum absolute atomic E-state index is 13.4. The molecule has 0 aromatic heterocycles. The van der Waals surface area contributed by atoms with Crippen molar-refractivity contribution in [2.45, 2.75) is 53.1 Å². The Morgan fingerprint density at radius 1 is 1.48 bits per heavy atom. The number of carbonyl (C=O) groups excluding carboxylic acids is 2. The van der Waals surface area contributed by atoms with Gasteiger partial charge in [-0.25, -0.2) is 0 Å². The molecule has 1 saturated heterocycles. The molecule has 0 bridgehead atoms. The van der Waals surface area contributed by atoms with Crippen molar-refractivity contribution in [1.82, 2.24) is 0 Å². The van der Waals surface area contributed by atoms with E-state index in [1.807, 2.05) is 0 Å². The minimum atomic E-state index is -0.182. The van der Waals surface area contributed by atoms with Crippen molar-refractivity contribution in [2.75, 3.05) is 0 Å². The highest BCUT2D eigenvalue weighted by Crippen LogP contribution is 3.09. The van der Waals surface area contributed by atoms with Crippen molar-refractivity contribution in [1.29, 1.82) is 0 Å². The molecule has 0 aromatic carbocycles. The Morgan fingerprint density at radius 2 is 2.19 bits per heavy atom. The van der Waals surface area contributed by atoms with Gasteiger partial charge < -0.3 is 4.74 Å². The lowest BCUT2D eigenvalue weighted by Crippen LogP contribution is -2.43. The van der Waals surface area contributed by atoms with E-state index in [9.17, 15) is 9.59 Å². The Kier molecular flexibility index (Phi) is 1.86. The largest absolute Gasteiger partial charge is 0.461 e. The number of rotatable bonds is 5. The normalized spacial score (nSPS) is 56.2. The summed E-state index contributed by atoms with van der Waals surface area (Å²) >= 11 is 0. The summed E-state index contributed by atoms with van der Waals surface area (Å²) in [5, 5.41) is 0. The SMILES string of the molecule is CCC(C)(CC(C)C)C(=O)C12C3CC4C(=O)OC5C4C31C52. The summed E-state index contributed by atoms with van der Waals surface area (Å²) in [5.74, 6) is 2.57. The molecule has 1 heterocycles. The van der Waals surface area contributed by atoms with Crippen LogP contribution in [0.2, 0.25) is 0 Å². The molecule has 1 spiro atoms. The lowest BCUT2D eigenvalue weighted by molar-refractivity contribution is -0.152. The average molecular weight is 288 g/mol. The lowest BCUT2D eigenvalue weighted by Gasteiger charge is -2.37. The standard InChI is InChI=1S/C18H24O3/c1-5-16(4,7-8(2)3)15(20)18-10-6-9-11-12(21-14(9)19)13(18)17(10,11)18/h8-13H,5-7H2,1-4H3. The molecule has 0 N–H and O–H groups in total. The number of hydrogen-bond acceptors (Lipinski definition) is 3. The molecule has 0 amide bonds. The fourth-order valence-corrected chi connectivity index (χ4v) is 7.39. The van der Waals surface area contributed by atoms with Crippen LogP contribution >= 0.6 is 0 Å². The van der Waals surface area contributed by atoms with Crippen LogP contribution in [0.1, 0.15) is 47.0 Å². The van der Waals surface area contributed by atoms with Crippen LogP contribution in [0, 0.1) is 45.8 Å². The molecule has 3 nitrogen and oxygen atoms in total. The Hall–Kier alpha value is -0.860. The average Bonchev–Trinajstić information content (AvgIpc) is 3.09. The summed E-state index contributed by atoms with van der Waals surface area (Å²) in [6, 6.07) is 0. The van der Waals surface area contributed by atoms with Crippen molar-refractivity contribution in [3.63, 3.8) is 0 Å². The maximum Gasteiger partial charge on any atom is 0.309 e. The molecule has 4 aliphatic carbocycles. The molecule has 0 radical (unpaired) electrons. The Bertz CT molecular complexity index is 595. The second-order valence-electron chi connectivity index (χ2n) is 8.94. The second-order valence-corrected chi connectivity index (χ2v) is 8.94. The van der Waals surface area contributed by atoms with Gasteiger partial charge in [0.25, 0.3) is 0 Å². The zero-order chi connectivity index (χ0) is 14.9. The molecular weight excluding hydrogens is 264 g/mol. The minimum absolute atomic E-state index is 0.0283. The van der Waals surface area contributed by atoms with E-state index in [1.54, 1.807) is 0 Å². The van der Waals surface area contributed by atoms with Crippen LogP contribution in [0.15, 0.2) is 0 Å². The first-order valence-corrected chi connectivity index (χ1v) is 8.62. The number of fused-ring (bicyclic) bond motifs is 3. The predicted molar refractivity (Wildman–Crippen MR) is 76.2 cm³/mol. The van der Waals surface area contributed by atoms with Gasteiger partial charge >= 0.3 is 5.97 Å². The van der Waals surface area contributed by atoms with E-state index >= 15 is 0 Å². The van der Waals surface area contributed by atoms with Crippen molar-refractivity contribution in [3.05, 3.63) is 0 Å². The third-order valence-electron chi connectivity index (χ3n) is 7.96. The number of hydrogen-bond donors (Lipinski definition) is 0. The molecule has 1 aliphatic heterocycles. The molecule has 114 valence electrons. The van der Waals surface area contributed by atoms with E-state index in [4.69, 9.17) is 4.74 Å². The van der Waals surface area contributed by atoms with Crippen molar-refractivity contribution in [2.24, 2.45) is 45.8 Å². The third kappa shape index (κ3) is 0.921. The first kappa shape index (κ1) is 12.7. The van der Waals surface area contributed by atoms with E-state index in [0.717, 1.165) is 19.3 Å². The van der Waals surface area contributed by atoms with Crippen LogP contribution in [0.3, 0.4) is 0 Å². The van der Waals surface area contributed by atoms with Crippen LogP contribution in [-0.4, -0.2) is 17.9 Å². The second kappa shape index (κ2) is 3.09. The van der Waals surface area contributed by atoms with E-state index in [2.05, 4.69) is 27.7 Å². The van der Waals surface area contributed by atoms with Gasteiger partial charge in [0.1, 0.15) is 11.9 Å². The number of ether oxygens (including phenoxy) is 1. The summed E-state index contributed by atoms with van der Waals surface area (Å²) in [4.78, 5) is 25.3. The fourth-order valence-electron chi connectivity index (χ4n) is 7.39. The van der Waals surface area contributed by atoms with E-state index in [-0.39, 0.29) is 34.2 Å². The lowest BCUT2D eigenvalue weighted by atomic mass is 9.68. The zero-order valence-electron chi connectivity index (χ0n) is 13.3. The van der Waals surface area contributed by atoms with Crippen molar-refractivity contribution >= 4 is 11.8 Å². The quantitative estimate of drug-likeness (QED) is 0.731. The molecule has 4 saturated carbocycles. The van der Waals surface area contributed by atoms with Crippen LogP contribution in [0.25, 0.3) is 0 Å². The summed E-state index contributed by atoms with van der Waals surface area (Å²) in [5.41, 5.74) is -0.00340. The molecule has 8 atom stereocenters. The van der Waals surface area contributed by atoms with E-state index in [1.165, 1.54) is 0 Å². The first-order valence-electron chi connectivity index (χ1n) is 8.62. The van der Waals surface area contributed by atoms with Crippen LogP contribution in [-0.2, 0) is 14.3 Å². The monoisotopic (exact) mass is 288 g/mol. The van der Waals surface area contributed by atoms with Crippen molar-refractivity contribution in [3.8, 4) is 0 Å². The first-order chi connectivity index (χ1) is 9.87. The maximum atomic E-state index is 13.4. The fraction of sp³-hybridized carbons (Fsp3) is 0.889. The van der Waals surface area contributed by atoms with Gasteiger partial charge in [-0.05, 0) is 31.1 Å². The van der Waals surface area contributed by atoms with Gasteiger partial charge in [0.05, 0.1) is 5.92 Å². The Balaban J connectivity index is 1.48. The minimum Gasteiger partial charge on any atom is -0.461 e. The predicted octanol–water partition coefficient (Wildman–Crippen LogP) is 2.83.